The molecule has 0 bridgehead atoms. The first-order chi connectivity index (χ1) is 14.2. The van der Waals surface area contributed by atoms with E-state index in [9.17, 15) is 4.79 Å². The van der Waals surface area contributed by atoms with E-state index in [1.54, 1.807) is 6.20 Å². The molecular formula is C24H25N3O2. The molecule has 3 heterocycles. The number of hydrogen-bond acceptors (Lipinski definition) is 4. The van der Waals surface area contributed by atoms with Gasteiger partial charge in [-0.15, -0.1) is 0 Å². The van der Waals surface area contributed by atoms with Gasteiger partial charge in [0.1, 0.15) is 11.4 Å². The third-order valence-electron chi connectivity index (χ3n) is 6.21. The van der Waals surface area contributed by atoms with Crippen LogP contribution in [0.2, 0.25) is 0 Å². The van der Waals surface area contributed by atoms with Gasteiger partial charge in [-0.2, -0.15) is 0 Å². The predicted octanol–water partition coefficient (Wildman–Crippen LogP) is 4.25. The van der Waals surface area contributed by atoms with Crippen LogP contribution in [0.1, 0.15) is 37.2 Å². The highest BCUT2D eigenvalue weighted by Crippen LogP contribution is 2.45. The fraction of sp³-hybridized carbons (Fsp3) is 0.333. The van der Waals surface area contributed by atoms with Gasteiger partial charge in [0.25, 0.3) is 0 Å². The summed E-state index contributed by atoms with van der Waals surface area (Å²) in [6.45, 7) is 1.93. The van der Waals surface area contributed by atoms with Crippen molar-refractivity contribution in [3.8, 4) is 5.75 Å². The number of benzene rings is 2. The summed E-state index contributed by atoms with van der Waals surface area (Å²) in [5, 5.41) is 8.59. The maximum atomic E-state index is 13.0. The van der Waals surface area contributed by atoms with E-state index in [4.69, 9.17) is 4.74 Å². The number of hydrogen-bond donors (Lipinski definition) is 2. The number of rotatable bonds is 3. The Morgan fingerprint density at radius 1 is 1.14 bits per heavy atom. The van der Waals surface area contributed by atoms with Crippen LogP contribution >= 0.6 is 0 Å². The number of nitrogens with one attached hydrogen (secondary N) is 2. The lowest BCUT2D eigenvalue weighted by Gasteiger charge is -2.44. The van der Waals surface area contributed by atoms with Gasteiger partial charge in [-0.3, -0.25) is 9.78 Å². The van der Waals surface area contributed by atoms with Crippen LogP contribution in [0.5, 0.6) is 5.75 Å². The molecule has 1 atom stereocenters. The van der Waals surface area contributed by atoms with Crippen molar-refractivity contribution in [2.75, 3.05) is 18.4 Å². The number of nitrogens with zero attached hydrogens (tertiary/aromatic N) is 1. The molecule has 29 heavy (non-hydrogen) atoms. The molecule has 0 aliphatic carbocycles. The molecule has 1 fully saturated rings. The number of ether oxygens (including phenoxy) is 1. The fourth-order valence-corrected chi connectivity index (χ4v) is 4.77. The topological polar surface area (TPSA) is 63.2 Å². The second kappa shape index (κ2) is 7.48. The van der Waals surface area contributed by atoms with Gasteiger partial charge >= 0.3 is 0 Å². The fourth-order valence-electron chi connectivity index (χ4n) is 4.77. The molecule has 2 aliphatic heterocycles. The van der Waals surface area contributed by atoms with Gasteiger partial charge in [0.15, 0.2) is 0 Å². The lowest BCUT2D eigenvalue weighted by molar-refractivity contribution is -0.117. The van der Waals surface area contributed by atoms with Gasteiger partial charge < -0.3 is 15.4 Å². The molecule has 0 saturated carbocycles. The second-order valence-corrected chi connectivity index (χ2v) is 8.13. The van der Waals surface area contributed by atoms with E-state index in [2.05, 4.69) is 21.7 Å². The zero-order valence-corrected chi connectivity index (χ0v) is 16.4. The molecule has 0 radical (unpaired) electrons. The Morgan fingerprint density at radius 2 is 2.00 bits per heavy atom. The average molecular weight is 387 g/mol. The third-order valence-corrected chi connectivity index (χ3v) is 6.21. The van der Waals surface area contributed by atoms with Gasteiger partial charge in [-0.05, 0) is 56.1 Å². The van der Waals surface area contributed by atoms with Gasteiger partial charge in [-0.1, -0.05) is 30.3 Å². The Hall–Kier alpha value is -2.92. The van der Waals surface area contributed by atoms with Crippen LogP contribution in [0, 0.1) is 0 Å². The zero-order chi connectivity index (χ0) is 19.7. The van der Waals surface area contributed by atoms with E-state index in [0.29, 0.717) is 6.42 Å². The molecule has 5 nitrogen and oxygen atoms in total. The molecule has 1 unspecified atom stereocenters. The number of pyridine rings is 1. The molecule has 1 aromatic heterocycles. The first-order valence-electron chi connectivity index (χ1n) is 10.3. The van der Waals surface area contributed by atoms with Gasteiger partial charge in [0.05, 0.1) is 0 Å². The predicted molar refractivity (Wildman–Crippen MR) is 114 cm³/mol. The van der Waals surface area contributed by atoms with E-state index in [1.165, 1.54) is 0 Å². The van der Waals surface area contributed by atoms with E-state index < -0.39 is 0 Å². The molecule has 5 rings (SSSR count). The first kappa shape index (κ1) is 18.1. The van der Waals surface area contributed by atoms with Crippen molar-refractivity contribution in [2.24, 2.45) is 0 Å². The summed E-state index contributed by atoms with van der Waals surface area (Å²) < 4.78 is 6.47. The van der Waals surface area contributed by atoms with Crippen LogP contribution in [-0.4, -0.2) is 29.6 Å². The molecule has 2 aliphatic rings. The second-order valence-electron chi connectivity index (χ2n) is 8.13. The van der Waals surface area contributed by atoms with Crippen LogP contribution in [0.4, 0.5) is 5.69 Å². The minimum absolute atomic E-state index is 0.0418. The Balaban J connectivity index is 1.39. The normalized spacial score (nSPS) is 20.1. The summed E-state index contributed by atoms with van der Waals surface area (Å²) in [6, 6.07) is 16.0. The number of amides is 1. The summed E-state index contributed by atoms with van der Waals surface area (Å²) in [4.78, 5) is 17.2. The molecule has 2 N–H and O–H groups in total. The molecule has 1 spiro atoms. The molecular weight excluding hydrogens is 362 g/mol. The molecule has 2 aromatic carbocycles. The molecule has 5 heteroatoms. The number of fused-ring (bicyclic) bond motifs is 2. The Morgan fingerprint density at radius 3 is 2.90 bits per heavy atom. The smallest absolute Gasteiger partial charge is 0.225 e. The van der Waals surface area contributed by atoms with Crippen molar-refractivity contribution in [1.82, 2.24) is 10.3 Å². The maximum absolute atomic E-state index is 13.0. The van der Waals surface area contributed by atoms with Crippen molar-refractivity contribution in [3.63, 3.8) is 0 Å². The third kappa shape index (κ3) is 3.58. The summed E-state index contributed by atoms with van der Waals surface area (Å²) >= 11 is 0. The Labute approximate surface area is 170 Å². The summed E-state index contributed by atoms with van der Waals surface area (Å²) in [5.41, 5.74) is 1.83. The SMILES string of the molecule is O=C(CC1CC2(CCNCC2)Oc2ccccc21)Nc1cccc2cnccc12. The van der Waals surface area contributed by atoms with Gasteiger partial charge in [0.2, 0.25) is 5.91 Å². The standard InChI is InChI=1S/C24H25N3O2/c28-23(27-21-6-3-4-17-16-26-11-8-19(17)21)14-18-15-24(9-12-25-13-10-24)29-22-7-2-1-5-20(18)22/h1-8,11,16,18,25H,9-10,12-15H2,(H,27,28). The van der Waals surface area contributed by atoms with E-state index >= 15 is 0 Å². The highest BCUT2D eigenvalue weighted by atomic mass is 16.5. The summed E-state index contributed by atoms with van der Waals surface area (Å²) in [6.07, 6.45) is 6.88. The summed E-state index contributed by atoms with van der Waals surface area (Å²) in [7, 11) is 0. The van der Waals surface area contributed by atoms with E-state index in [1.807, 2.05) is 48.7 Å². The highest BCUT2D eigenvalue weighted by molar-refractivity contribution is 6.02. The van der Waals surface area contributed by atoms with Crippen molar-refractivity contribution in [3.05, 3.63) is 66.5 Å². The zero-order valence-electron chi connectivity index (χ0n) is 16.4. The van der Waals surface area contributed by atoms with Crippen molar-refractivity contribution in [1.29, 1.82) is 0 Å². The first-order valence-corrected chi connectivity index (χ1v) is 10.3. The minimum atomic E-state index is -0.157. The van der Waals surface area contributed by atoms with E-state index in [0.717, 1.165) is 60.1 Å². The largest absolute Gasteiger partial charge is 0.487 e. The number of para-hydroxylation sites is 1. The number of piperidine rings is 1. The van der Waals surface area contributed by atoms with Crippen molar-refractivity contribution in [2.45, 2.75) is 37.2 Å². The molecule has 1 amide bonds. The van der Waals surface area contributed by atoms with Crippen molar-refractivity contribution < 1.29 is 9.53 Å². The lowest BCUT2D eigenvalue weighted by Crippen LogP contribution is -2.49. The number of carbonyl (C=O) groups excluding carboxylic acids is 1. The van der Waals surface area contributed by atoms with Crippen LogP contribution < -0.4 is 15.4 Å². The molecule has 1 saturated heterocycles. The lowest BCUT2D eigenvalue weighted by atomic mass is 9.76. The Bertz CT molecular complexity index is 1040. The average Bonchev–Trinajstić information content (AvgIpc) is 2.74. The molecule has 3 aromatic rings. The van der Waals surface area contributed by atoms with Crippen molar-refractivity contribution >= 4 is 22.4 Å². The number of anilines is 1. The maximum Gasteiger partial charge on any atom is 0.225 e. The molecule has 148 valence electrons. The highest BCUT2D eigenvalue weighted by Gasteiger charge is 2.42. The Kier molecular flexibility index (Phi) is 4.68. The quantitative estimate of drug-likeness (QED) is 0.705. The summed E-state index contributed by atoms with van der Waals surface area (Å²) in [5.74, 6) is 1.14. The van der Waals surface area contributed by atoms with E-state index in [-0.39, 0.29) is 17.4 Å². The number of aromatic nitrogens is 1. The monoisotopic (exact) mass is 387 g/mol. The van der Waals surface area contributed by atoms with Crippen LogP contribution in [0.15, 0.2) is 60.9 Å². The van der Waals surface area contributed by atoms with Gasteiger partial charge in [-0.25, -0.2) is 0 Å². The number of carbonyl (C=O) groups is 1. The minimum Gasteiger partial charge on any atom is -0.487 e. The van der Waals surface area contributed by atoms with Crippen LogP contribution in [0.25, 0.3) is 10.8 Å². The van der Waals surface area contributed by atoms with Crippen LogP contribution in [0.3, 0.4) is 0 Å². The van der Waals surface area contributed by atoms with Gasteiger partial charge in [0, 0.05) is 41.2 Å². The van der Waals surface area contributed by atoms with Crippen LogP contribution in [-0.2, 0) is 4.79 Å².